The SMILES string of the molecule is COc1ccc(C(NC(=O)COC(=O)c2c(C)[nH]c3ccccc23)c2ccc(OC)cc2)cc1. The average Bonchev–Trinajstić information content (AvgIpc) is 3.21. The number of H-pyrrole nitrogens is 1. The number of benzene rings is 3. The van der Waals surface area contributed by atoms with Gasteiger partial charge in [-0.3, -0.25) is 4.79 Å². The maximum Gasteiger partial charge on any atom is 0.341 e. The Kier molecular flexibility index (Phi) is 6.82. The fourth-order valence-corrected chi connectivity index (χ4v) is 3.90. The van der Waals surface area contributed by atoms with Gasteiger partial charge in [-0.1, -0.05) is 42.5 Å². The van der Waals surface area contributed by atoms with Crippen molar-refractivity contribution in [1.82, 2.24) is 10.3 Å². The van der Waals surface area contributed by atoms with E-state index in [0.29, 0.717) is 22.8 Å². The zero-order chi connectivity index (χ0) is 24.1. The van der Waals surface area contributed by atoms with Crippen LogP contribution in [0.2, 0.25) is 0 Å². The number of nitrogens with one attached hydrogen (secondary N) is 2. The van der Waals surface area contributed by atoms with Crippen LogP contribution in [-0.2, 0) is 9.53 Å². The lowest BCUT2D eigenvalue weighted by molar-refractivity contribution is -0.124. The molecule has 1 heterocycles. The number of carbonyl (C=O) groups is 2. The highest BCUT2D eigenvalue weighted by Crippen LogP contribution is 2.26. The smallest absolute Gasteiger partial charge is 0.341 e. The summed E-state index contributed by atoms with van der Waals surface area (Å²) in [5.74, 6) is 0.469. The van der Waals surface area contributed by atoms with Crippen LogP contribution in [0.1, 0.15) is 33.2 Å². The molecule has 0 saturated carbocycles. The number of hydrogen-bond acceptors (Lipinski definition) is 5. The van der Waals surface area contributed by atoms with E-state index in [9.17, 15) is 9.59 Å². The summed E-state index contributed by atoms with van der Waals surface area (Å²) in [7, 11) is 3.20. The Morgan fingerprint density at radius 1 is 0.853 bits per heavy atom. The van der Waals surface area contributed by atoms with E-state index in [-0.39, 0.29) is 0 Å². The number of amides is 1. The maximum atomic E-state index is 12.8. The number of ether oxygens (including phenoxy) is 3. The molecule has 1 aromatic heterocycles. The maximum absolute atomic E-state index is 12.8. The minimum Gasteiger partial charge on any atom is -0.497 e. The van der Waals surface area contributed by atoms with Gasteiger partial charge in [-0.15, -0.1) is 0 Å². The molecule has 0 saturated heterocycles. The molecule has 174 valence electrons. The van der Waals surface area contributed by atoms with Crippen molar-refractivity contribution in [2.24, 2.45) is 0 Å². The van der Waals surface area contributed by atoms with Gasteiger partial charge in [0.15, 0.2) is 6.61 Å². The zero-order valence-corrected chi connectivity index (χ0v) is 19.3. The van der Waals surface area contributed by atoms with Gasteiger partial charge in [0.2, 0.25) is 0 Å². The molecule has 0 radical (unpaired) electrons. The van der Waals surface area contributed by atoms with E-state index in [1.807, 2.05) is 72.8 Å². The number of fused-ring (bicyclic) bond motifs is 1. The van der Waals surface area contributed by atoms with Crippen LogP contribution in [0, 0.1) is 6.92 Å². The summed E-state index contributed by atoms with van der Waals surface area (Å²) < 4.78 is 15.9. The van der Waals surface area contributed by atoms with Crippen molar-refractivity contribution in [3.63, 3.8) is 0 Å². The topological polar surface area (TPSA) is 89.6 Å². The summed E-state index contributed by atoms with van der Waals surface area (Å²) in [6.45, 7) is 1.40. The van der Waals surface area contributed by atoms with Gasteiger partial charge in [0.1, 0.15) is 11.5 Å². The van der Waals surface area contributed by atoms with E-state index < -0.39 is 24.5 Å². The van der Waals surface area contributed by atoms with Crippen LogP contribution in [-0.4, -0.2) is 37.7 Å². The van der Waals surface area contributed by atoms with Gasteiger partial charge in [-0.25, -0.2) is 4.79 Å². The van der Waals surface area contributed by atoms with Gasteiger partial charge in [0, 0.05) is 16.6 Å². The van der Waals surface area contributed by atoms with E-state index in [0.717, 1.165) is 22.0 Å². The fraction of sp³-hybridized carbons (Fsp3) is 0.185. The van der Waals surface area contributed by atoms with Crippen molar-refractivity contribution in [1.29, 1.82) is 0 Å². The second-order valence-electron chi connectivity index (χ2n) is 7.79. The van der Waals surface area contributed by atoms with Gasteiger partial charge < -0.3 is 24.5 Å². The summed E-state index contributed by atoms with van der Waals surface area (Å²) in [5, 5.41) is 3.74. The average molecular weight is 459 g/mol. The highest BCUT2D eigenvalue weighted by molar-refractivity contribution is 6.06. The third-order valence-electron chi connectivity index (χ3n) is 5.64. The number of aromatic nitrogens is 1. The number of aromatic amines is 1. The molecule has 0 fully saturated rings. The van der Waals surface area contributed by atoms with Crippen molar-refractivity contribution in [3.8, 4) is 11.5 Å². The molecule has 0 aliphatic rings. The molecule has 3 aromatic carbocycles. The minimum atomic E-state index is -0.546. The number of para-hydroxylation sites is 1. The molecule has 4 aromatic rings. The highest BCUT2D eigenvalue weighted by Gasteiger charge is 2.21. The summed E-state index contributed by atoms with van der Waals surface area (Å²) in [5.41, 5.74) is 3.69. The van der Waals surface area contributed by atoms with E-state index in [1.54, 1.807) is 21.1 Å². The number of rotatable bonds is 8. The molecule has 0 spiro atoms. The summed E-state index contributed by atoms with van der Waals surface area (Å²) in [6.07, 6.45) is 0. The Balaban J connectivity index is 1.50. The normalized spacial score (nSPS) is 10.8. The third kappa shape index (κ3) is 4.88. The van der Waals surface area contributed by atoms with Crippen molar-refractivity contribution in [2.75, 3.05) is 20.8 Å². The third-order valence-corrected chi connectivity index (χ3v) is 5.64. The van der Waals surface area contributed by atoms with E-state index in [4.69, 9.17) is 14.2 Å². The molecule has 4 rings (SSSR count). The Labute approximate surface area is 197 Å². The molecule has 2 N–H and O–H groups in total. The Morgan fingerprint density at radius 2 is 1.41 bits per heavy atom. The van der Waals surface area contributed by atoms with Gasteiger partial charge in [-0.05, 0) is 48.4 Å². The van der Waals surface area contributed by atoms with Crippen LogP contribution in [0.4, 0.5) is 0 Å². The fourth-order valence-electron chi connectivity index (χ4n) is 3.90. The van der Waals surface area contributed by atoms with Crippen LogP contribution in [0.3, 0.4) is 0 Å². The Hall–Kier alpha value is -4.26. The highest BCUT2D eigenvalue weighted by atomic mass is 16.5. The second-order valence-corrected chi connectivity index (χ2v) is 7.79. The van der Waals surface area contributed by atoms with Gasteiger partial charge in [0.05, 0.1) is 25.8 Å². The number of methoxy groups -OCH3 is 2. The molecule has 7 heteroatoms. The first kappa shape index (κ1) is 22.9. The van der Waals surface area contributed by atoms with E-state index in [2.05, 4.69) is 10.3 Å². The zero-order valence-electron chi connectivity index (χ0n) is 19.3. The lowest BCUT2D eigenvalue weighted by Gasteiger charge is -2.20. The van der Waals surface area contributed by atoms with Gasteiger partial charge >= 0.3 is 5.97 Å². The standard InChI is InChI=1S/C27H26N2O5/c1-17-25(22-6-4-5-7-23(22)28-17)27(31)34-16-24(30)29-26(18-8-12-20(32-2)13-9-18)19-10-14-21(33-3)15-11-19/h4-15,26,28H,16H2,1-3H3,(H,29,30). The second kappa shape index (κ2) is 10.1. The Bertz CT molecular complexity index is 1250. The quantitative estimate of drug-likeness (QED) is 0.378. The molecule has 0 bridgehead atoms. The molecule has 34 heavy (non-hydrogen) atoms. The van der Waals surface area contributed by atoms with Crippen LogP contribution < -0.4 is 14.8 Å². The first-order chi connectivity index (χ1) is 16.5. The lowest BCUT2D eigenvalue weighted by atomic mass is 9.98. The predicted octanol–water partition coefficient (Wildman–Crippen LogP) is 4.56. The summed E-state index contributed by atoms with van der Waals surface area (Å²) in [6, 6.07) is 21.9. The van der Waals surface area contributed by atoms with E-state index >= 15 is 0 Å². The first-order valence-corrected chi connectivity index (χ1v) is 10.8. The molecule has 0 unspecified atom stereocenters. The summed E-state index contributed by atoms with van der Waals surface area (Å²) in [4.78, 5) is 28.8. The molecule has 1 amide bonds. The van der Waals surface area contributed by atoms with Crippen LogP contribution in [0.15, 0.2) is 72.8 Å². The molecular weight excluding hydrogens is 432 g/mol. The molecule has 0 aliphatic carbocycles. The number of hydrogen-bond donors (Lipinski definition) is 2. The number of esters is 1. The van der Waals surface area contributed by atoms with Crippen LogP contribution in [0.25, 0.3) is 10.9 Å². The molecule has 0 aliphatic heterocycles. The van der Waals surface area contributed by atoms with Crippen LogP contribution >= 0.6 is 0 Å². The number of aryl methyl sites for hydroxylation is 1. The van der Waals surface area contributed by atoms with Crippen LogP contribution in [0.5, 0.6) is 11.5 Å². The van der Waals surface area contributed by atoms with Crippen molar-refractivity contribution in [3.05, 3.63) is 95.2 Å². The first-order valence-electron chi connectivity index (χ1n) is 10.8. The monoisotopic (exact) mass is 458 g/mol. The minimum absolute atomic E-state index is 0.402. The molecular formula is C27H26N2O5. The number of carbonyl (C=O) groups excluding carboxylic acids is 2. The van der Waals surface area contributed by atoms with Gasteiger partial charge in [-0.2, -0.15) is 0 Å². The van der Waals surface area contributed by atoms with E-state index in [1.165, 1.54) is 0 Å². The van der Waals surface area contributed by atoms with Gasteiger partial charge in [0.25, 0.3) is 5.91 Å². The van der Waals surface area contributed by atoms with Crippen molar-refractivity contribution >= 4 is 22.8 Å². The molecule has 0 atom stereocenters. The largest absolute Gasteiger partial charge is 0.497 e. The summed E-state index contributed by atoms with van der Waals surface area (Å²) >= 11 is 0. The predicted molar refractivity (Wildman–Crippen MR) is 129 cm³/mol. The Morgan fingerprint density at radius 3 is 1.97 bits per heavy atom. The van der Waals surface area contributed by atoms with Crippen molar-refractivity contribution < 1.29 is 23.8 Å². The van der Waals surface area contributed by atoms with Crippen molar-refractivity contribution in [2.45, 2.75) is 13.0 Å². The lowest BCUT2D eigenvalue weighted by Crippen LogP contribution is -2.33. The molecule has 7 nitrogen and oxygen atoms in total.